The quantitative estimate of drug-likeness (QED) is 0.782. The molecule has 1 aromatic heterocycles. The zero-order chi connectivity index (χ0) is 18.6. The molecule has 0 aromatic carbocycles. The second kappa shape index (κ2) is 7.99. The fourth-order valence-electron chi connectivity index (χ4n) is 3.21. The Morgan fingerprint density at radius 2 is 1.88 bits per heavy atom. The van der Waals surface area contributed by atoms with E-state index in [2.05, 4.69) is 26.1 Å². The third-order valence-corrected chi connectivity index (χ3v) is 5.64. The zero-order valence-electron chi connectivity index (χ0n) is 15.0. The fraction of sp³-hybridized carbons (Fsp3) is 0.611. The topological polar surface area (TPSA) is 98.5 Å². The Hall–Kier alpha value is -1.89. The van der Waals surface area contributed by atoms with E-state index in [1.165, 1.54) is 11.3 Å². The molecule has 25 heavy (non-hydrogen) atoms. The molecule has 7 heteroatoms. The van der Waals surface area contributed by atoms with Crippen molar-refractivity contribution in [3.63, 3.8) is 0 Å². The van der Waals surface area contributed by atoms with Crippen LogP contribution < -0.4 is 11.1 Å². The standard InChI is InChI=1S/C18H26N2O4S/c1-18(2,3)12-6-4-11(5-7-12)17(23)24-10-14(21)20-16-13(15(19)22)8-9-25-16/h8-9,11-12H,4-7,10H2,1-3H3,(H2,19,22)(H,20,21). The van der Waals surface area contributed by atoms with Crippen molar-refractivity contribution in [3.05, 3.63) is 17.0 Å². The van der Waals surface area contributed by atoms with Crippen LogP contribution in [0.1, 0.15) is 56.8 Å². The van der Waals surface area contributed by atoms with Gasteiger partial charge in [0.25, 0.3) is 11.8 Å². The van der Waals surface area contributed by atoms with Crippen LogP contribution in [0.15, 0.2) is 11.4 Å². The summed E-state index contributed by atoms with van der Waals surface area (Å²) in [5.41, 5.74) is 5.74. The summed E-state index contributed by atoms with van der Waals surface area (Å²) in [5.74, 6) is -0.908. The summed E-state index contributed by atoms with van der Waals surface area (Å²) in [7, 11) is 0. The number of rotatable bonds is 5. The molecule has 0 radical (unpaired) electrons. The third kappa shape index (κ3) is 5.29. The van der Waals surface area contributed by atoms with Crippen molar-refractivity contribution in [1.29, 1.82) is 0 Å². The first-order chi connectivity index (χ1) is 11.7. The van der Waals surface area contributed by atoms with Crippen LogP contribution in [0, 0.1) is 17.3 Å². The molecule has 3 N–H and O–H groups in total. The molecule has 138 valence electrons. The van der Waals surface area contributed by atoms with Gasteiger partial charge in [0.05, 0.1) is 11.5 Å². The SMILES string of the molecule is CC(C)(C)C1CCC(C(=O)OCC(=O)Nc2sccc2C(N)=O)CC1. The highest BCUT2D eigenvalue weighted by atomic mass is 32.1. The van der Waals surface area contributed by atoms with Crippen LogP contribution in [-0.4, -0.2) is 24.4 Å². The van der Waals surface area contributed by atoms with Crippen LogP contribution in [0.3, 0.4) is 0 Å². The first kappa shape index (κ1) is 19.4. The van der Waals surface area contributed by atoms with E-state index in [1.807, 2.05) is 0 Å². The molecule has 1 fully saturated rings. The summed E-state index contributed by atoms with van der Waals surface area (Å²) >= 11 is 1.20. The molecule has 0 unspecified atom stereocenters. The average molecular weight is 366 g/mol. The highest BCUT2D eigenvalue weighted by Gasteiger charge is 2.33. The summed E-state index contributed by atoms with van der Waals surface area (Å²) in [6.45, 7) is 6.33. The molecule has 1 aromatic rings. The average Bonchev–Trinajstić information content (AvgIpc) is 3.00. The number of thiophene rings is 1. The van der Waals surface area contributed by atoms with E-state index in [-0.39, 0.29) is 29.5 Å². The highest BCUT2D eigenvalue weighted by Crippen LogP contribution is 2.40. The van der Waals surface area contributed by atoms with Crippen LogP contribution in [-0.2, 0) is 14.3 Å². The molecule has 1 heterocycles. The Bertz CT molecular complexity index is 640. The van der Waals surface area contributed by atoms with Crippen molar-refractivity contribution >= 4 is 34.1 Å². The Morgan fingerprint density at radius 3 is 2.44 bits per heavy atom. The molecule has 0 atom stereocenters. The Labute approximate surface area is 152 Å². The van der Waals surface area contributed by atoms with Gasteiger partial charge in [-0.2, -0.15) is 0 Å². The second-order valence-corrected chi connectivity index (χ2v) is 8.51. The zero-order valence-corrected chi connectivity index (χ0v) is 15.8. The van der Waals surface area contributed by atoms with Crippen LogP contribution in [0.25, 0.3) is 0 Å². The molecule has 1 aliphatic carbocycles. The largest absolute Gasteiger partial charge is 0.455 e. The van der Waals surface area contributed by atoms with Crippen LogP contribution in [0.5, 0.6) is 0 Å². The molecular formula is C18H26N2O4S. The molecule has 0 spiro atoms. The minimum atomic E-state index is -0.607. The van der Waals surface area contributed by atoms with Crippen molar-refractivity contribution in [2.45, 2.75) is 46.5 Å². The van der Waals surface area contributed by atoms with Gasteiger partial charge in [-0.15, -0.1) is 11.3 Å². The smallest absolute Gasteiger partial charge is 0.309 e. The van der Waals surface area contributed by atoms with Gasteiger partial charge in [-0.3, -0.25) is 14.4 Å². The molecular weight excluding hydrogens is 340 g/mol. The minimum absolute atomic E-state index is 0.130. The molecule has 2 rings (SSSR count). The fourth-order valence-corrected chi connectivity index (χ4v) is 4.02. The first-order valence-electron chi connectivity index (χ1n) is 8.52. The van der Waals surface area contributed by atoms with Crippen molar-refractivity contribution in [2.75, 3.05) is 11.9 Å². The number of hydrogen-bond acceptors (Lipinski definition) is 5. The number of nitrogens with one attached hydrogen (secondary N) is 1. The lowest BCUT2D eigenvalue weighted by atomic mass is 9.70. The van der Waals surface area contributed by atoms with Gasteiger partial charge >= 0.3 is 5.97 Å². The molecule has 0 saturated heterocycles. The Balaban J connectivity index is 1.77. The third-order valence-electron chi connectivity index (χ3n) is 4.81. The summed E-state index contributed by atoms with van der Waals surface area (Å²) in [5, 5.41) is 4.60. The summed E-state index contributed by atoms with van der Waals surface area (Å²) in [4.78, 5) is 35.3. The van der Waals surface area contributed by atoms with Crippen molar-refractivity contribution in [3.8, 4) is 0 Å². The second-order valence-electron chi connectivity index (χ2n) is 7.60. The van der Waals surface area contributed by atoms with Gasteiger partial charge in [0, 0.05) is 0 Å². The van der Waals surface area contributed by atoms with E-state index < -0.39 is 11.8 Å². The van der Waals surface area contributed by atoms with Gasteiger partial charge in [-0.1, -0.05) is 20.8 Å². The van der Waals surface area contributed by atoms with Gasteiger partial charge in [0.15, 0.2) is 6.61 Å². The molecule has 1 aliphatic rings. The number of carbonyl (C=O) groups excluding carboxylic acids is 3. The molecule has 1 saturated carbocycles. The number of ether oxygens (including phenoxy) is 1. The van der Waals surface area contributed by atoms with Crippen molar-refractivity contribution in [2.24, 2.45) is 23.0 Å². The molecule has 6 nitrogen and oxygen atoms in total. The predicted molar refractivity (Wildman–Crippen MR) is 97.3 cm³/mol. The molecule has 0 bridgehead atoms. The maximum Gasteiger partial charge on any atom is 0.309 e. The van der Waals surface area contributed by atoms with Gasteiger partial charge < -0.3 is 15.8 Å². The van der Waals surface area contributed by atoms with E-state index in [4.69, 9.17) is 10.5 Å². The van der Waals surface area contributed by atoms with E-state index in [0.29, 0.717) is 10.9 Å². The maximum absolute atomic E-state index is 12.2. The van der Waals surface area contributed by atoms with Gasteiger partial charge in [-0.25, -0.2) is 0 Å². The minimum Gasteiger partial charge on any atom is -0.455 e. The first-order valence-corrected chi connectivity index (χ1v) is 9.40. The van der Waals surface area contributed by atoms with Crippen LogP contribution in [0.4, 0.5) is 5.00 Å². The monoisotopic (exact) mass is 366 g/mol. The molecule has 0 aliphatic heterocycles. The maximum atomic E-state index is 12.2. The number of hydrogen-bond donors (Lipinski definition) is 2. The predicted octanol–water partition coefficient (Wildman–Crippen LogP) is 3.18. The lowest BCUT2D eigenvalue weighted by Gasteiger charge is -2.36. The van der Waals surface area contributed by atoms with E-state index >= 15 is 0 Å². The van der Waals surface area contributed by atoms with E-state index in [9.17, 15) is 14.4 Å². The number of carbonyl (C=O) groups is 3. The normalized spacial score (nSPS) is 20.8. The van der Waals surface area contributed by atoms with Crippen LogP contribution >= 0.6 is 11.3 Å². The Morgan fingerprint density at radius 1 is 1.24 bits per heavy atom. The summed E-state index contributed by atoms with van der Waals surface area (Å²) in [6.07, 6.45) is 3.62. The highest BCUT2D eigenvalue weighted by molar-refractivity contribution is 7.14. The van der Waals surface area contributed by atoms with E-state index in [0.717, 1.165) is 25.7 Å². The number of nitrogens with two attached hydrogens (primary N) is 1. The van der Waals surface area contributed by atoms with Gasteiger partial charge in [0.2, 0.25) is 0 Å². The van der Waals surface area contributed by atoms with Crippen molar-refractivity contribution in [1.82, 2.24) is 0 Å². The van der Waals surface area contributed by atoms with E-state index in [1.54, 1.807) is 11.4 Å². The number of anilines is 1. The Kier molecular flexibility index (Phi) is 6.21. The number of esters is 1. The van der Waals surface area contributed by atoms with Crippen LogP contribution in [0.2, 0.25) is 0 Å². The van der Waals surface area contributed by atoms with Gasteiger partial charge in [-0.05, 0) is 48.5 Å². The number of amides is 2. The number of primary amides is 1. The lowest BCUT2D eigenvalue weighted by molar-refractivity contribution is -0.153. The summed E-state index contributed by atoms with van der Waals surface area (Å²) < 4.78 is 5.15. The lowest BCUT2D eigenvalue weighted by Crippen LogP contribution is -2.31. The molecule has 2 amide bonds. The van der Waals surface area contributed by atoms with Crippen molar-refractivity contribution < 1.29 is 19.1 Å². The van der Waals surface area contributed by atoms with Gasteiger partial charge in [0.1, 0.15) is 5.00 Å². The summed E-state index contributed by atoms with van der Waals surface area (Å²) in [6, 6.07) is 1.54.